The molecule has 0 rings (SSSR count). The molecule has 0 saturated heterocycles. The first-order valence-corrected chi connectivity index (χ1v) is 2.51. The van der Waals surface area contributed by atoms with Crippen LogP contribution in [0.4, 0.5) is 0 Å². The van der Waals surface area contributed by atoms with Gasteiger partial charge in [0.25, 0.3) is 0 Å². The maximum absolute atomic E-state index is 5.30. The average Bonchev–Trinajstić information content (AvgIpc) is 1.41. The largest absolute Gasteiger partial charge is 2.00 e. The summed E-state index contributed by atoms with van der Waals surface area (Å²) in [7, 11) is 0. The molecule has 0 saturated carbocycles. The van der Waals surface area contributed by atoms with Crippen molar-refractivity contribution in [2.45, 2.75) is 19.8 Å². The van der Waals surface area contributed by atoms with Gasteiger partial charge < -0.3 is 0 Å². The van der Waals surface area contributed by atoms with Crippen molar-refractivity contribution in [3.8, 4) is 0 Å². The predicted molar refractivity (Wildman–Crippen MR) is 25.6 cm³/mol. The molecule has 0 spiro atoms. The molecule has 0 amide bonds. The van der Waals surface area contributed by atoms with Crippen LogP contribution in [0.5, 0.6) is 0 Å². The zero-order valence-corrected chi connectivity index (χ0v) is 10.5. The molecule has 6 heavy (non-hydrogen) atoms. The molecule has 0 aliphatic heterocycles. The van der Waals surface area contributed by atoms with Crippen LogP contribution in [0.15, 0.2) is 0 Å². The molecule has 0 heterocycles. The Morgan fingerprint density at radius 2 is 2.00 bits per heavy atom. The van der Waals surface area contributed by atoms with Gasteiger partial charge in [0.2, 0.25) is 0 Å². The van der Waals surface area contributed by atoms with E-state index in [-0.39, 0.29) is 27.7 Å². The van der Waals surface area contributed by atoms with Gasteiger partial charge >= 0.3 is 27.7 Å². The van der Waals surface area contributed by atoms with Crippen LogP contribution in [-0.4, -0.2) is 5.88 Å². The second-order valence-corrected chi connectivity index (χ2v) is 1.42. The molecule has 0 fully saturated rings. The smallest absolute Gasteiger partial charge is 0.127 e. The number of unbranched alkanes of at least 4 members (excludes halogenated alkanes) is 1. The van der Waals surface area contributed by atoms with Gasteiger partial charge in [0, 0.05) is 5.88 Å². The van der Waals surface area contributed by atoms with E-state index in [1.165, 1.54) is 6.42 Å². The Morgan fingerprint density at radius 3 is 2.00 bits per heavy atom. The fraction of sp³-hybridized carbons (Fsp3) is 1.00. The molecule has 0 aromatic rings. The van der Waals surface area contributed by atoms with Gasteiger partial charge in [0.1, 0.15) is 0 Å². The summed E-state index contributed by atoms with van der Waals surface area (Å²) in [4.78, 5) is 0. The van der Waals surface area contributed by atoms with E-state index < -0.39 is 0 Å². The second-order valence-electron chi connectivity index (χ2n) is 1.04. The molecular formula is C4H9ClHg+2. The molecule has 0 aromatic carbocycles. The minimum absolute atomic E-state index is 0. The standard InChI is InChI=1S/C4H9Cl.Hg/c1-2-3-4-5;/h2-4H2,1H3;/q;+2. The summed E-state index contributed by atoms with van der Waals surface area (Å²) in [5.41, 5.74) is 0. The first-order chi connectivity index (χ1) is 2.41. The fourth-order valence-corrected chi connectivity index (χ4v) is 0.401. The third kappa shape index (κ3) is 8.97. The van der Waals surface area contributed by atoms with E-state index in [2.05, 4.69) is 6.92 Å². The zero-order chi connectivity index (χ0) is 4.12. The third-order valence-electron chi connectivity index (χ3n) is 0.487. The summed E-state index contributed by atoms with van der Waals surface area (Å²) in [6.07, 6.45) is 2.37. The summed E-state index contributed by atoms with van der Waals surface area (Å²) in [6, 6.07) is 0. The molecule has 2 heteroatoms. The van der Waals surface area contributed by atoms with E-state index in [9.17, 15) is 0 Å². The van der Waals surface area contributed by atoms with Crippen molar-refractivity contribution >= 4 is 11.6 Å². The Morgan fingerprint density at radius 1 is 1.50 bits per heavy atom. The van der Waals surface area contributed by atoms with Crippen molar-refractivity contribution in [1.82, 2.24) is 0 Å². The average molecular weight is 293 g/mol. The van der Waals surface area contributed by atoms with E-state index in [1.54, 1.807) is 0 Å². The minimum Gasteiger partial charge on any atom is -0.127 e. The van der Waals surface area contributed by atoms with Crippen molar-refractivity contribution < 1.29 is 27.7 Å². The van der Waals surface area contributed by atoms with E-state index in [0.717, 1.165) is 12.3 Å². The van der Waals surface area contributed by atoms with E-state index in [1.807, 2.05) is 0 Å². The molecule has 0 aliphatic rings. The molecule has 0 aliphatic carbocycles. The Balaban J connectivity index is 0. The molecule has 0 radical (unpaired) electrons. The molecule has 0 atom stereocenters. The number of hydrogen-bond acceptors (Lipinski definition) is 0. The molecule has 0 aromatic heterocycles. The fourth-order valence-electron chi connectivity index (χ4n) is 0.134. The number of hydrogen-bond donors (Lipinski definition) is 0. The molecule has 0 bridgehead atoms. The molecule has 0 unspecified atom stereocenters. The summed E-state index contributed by atoms with van der Waals surface area (Å²) in [5.74, 6) is 0.816. The first kappa shape index (κ1) is 10.3. The summed E-state index contributed by atoms with van der Waals surface area (Å²) in [5, 5.41) is 0. The van der Waals surface area contributed by atoms with Gasteiger partial charge in [-0.15, -0.1) is 11.6 Å². The van der Waals surface area contributed by atoms with Crippen LogP contribution < -0.4 is 0 Å². The molecule has 0 nitrogen and oxygen atoms in total. The quantitative estimate of drug-likeness (QED) is 0.540. The van der Waals surface area contributed by atoms with Crippen molar-refractivity contribution in [3.63, 3.8) is 0 Å². The zero-order valence-electron chi connectivity index (χ0n) is 4.21. The van der Waals surface area contributed by atoms with Crippen LogP contribution in [0, 0.1) is 0 Å². The van der Waals surface area contributed by atoms with Crippen LogP contribution in [0.2, 0.25) is 0 Å². The first-order valence-electron chi connectivity index (χ1n) is 1.97. The van der Waals surface area contributed by atoms with Gasteiger partial charge in [0.15, 0.2) is 0 Å². The number of rotatable bonds is 2. The maximum atomic E-state index is 5.30. The van der Waals surface area contributed by atoms with Gasteiger partial charge in [-0.2, -0.15) is 0 Å². The molecule has 0 N–H and O–H groups in total. The van der Waals surface area contributed by atoms with Crippen LogP contribution in [-0.2, 0) is 27.7 Å². The predicted octanol–water partition coefficient (Wildman–Crippen LogP) is 2.02. The molecule has 32 valence electrons. The Bertz CT molecular complexity index is 15.0. The van der Waals surface area contributed by atoms with Gasteiger partial charge in [-0.25, -0.2) is 0 Å². The molecular weight excluding hydrogens is 284 g/mol. The van der Waals surface area contributed by atoms with E-state index >= 15 is 0 Å². The maximum Gasteiger partial charge on any atom is 2.00 e. The SMILES string of the molecule is CCCCCl.[Hg+2]. The van der Waals surface area contributed by atoms with E-state index in [0.29, 0.717) is 0 Å². The monoisotopic (exact) mass is 294 g/mol. The van der Waals surface area contributed by atoms with Crippen molar-refractivity contribution in [2.75, 3.05) is 5.88 Å². The Kier molecular flexibility index (Phi) is 16.3. The van der Waals surface area contributed by atoms with Crippen molar-refractivity contribution in [2.24, 2.45) is 0 Å². The van der Waals surface area contributed by atoms with Crippen molar-refractivity contribution in [1.29, 1.82) is 0 Å². The number of halogens is 1. The van der Waals surface area contributed by atoms with Crippen molar-refractivity contribution in [3.05, 3.63) is 0 Å². The van der Waals surface area contributed by atoms with Gasteiger partial charge in [-0.3, -0.25) is 0 Å². The summed E-state index contributed by atoms with van der Waals surface area (Å²) in [6.45, 7) is 2.13. The van der Waals surface area contributed by atoms with Gasteiger partial charge in [0.05, 0.1) is 0 Å². The Labute approximate surface area is 64.8 Å². The topological polar surface area (TPSA) is 0 Å². The van der Waals surface area contributed by atoms with Gasteiger partial charge in [-0.05, 0) is 6.42 Å². The number of alkyl halides is 1. The third-order valence-corrected chi connectivity index (χ3v) is 0.754. The van der Waals surface area contributed by atoms with E-state index in [4.69, 9.17) is 11.6 Å². The normalized spacial score (nSPS) is 7.00. The van der Waals surface area contributed by atoms with Crippen LogP contribution in [0.25, 0.3) is 0 Å². The summed E-state index contributed by atoms with van der Waals surface area (Å²) < 4.78 is 0. The summed E-state index contributed by atoms with van der Waals surface area (Å²) >= 11 is 5.30. The van der Waals surface area contributed by atoms with Crippen LogP contribution >= 0.6 is 11.6 Å². The second kappa shape index (κ2) is 9.52. The van der Waals surface area contributed by atoms with Crippen LogP contribution in [0.1, 0.15) is 19.8 Å². The van der Waals surface area contributed by atoms with Crippen LogP contribution in [0.3, 0.4) is 0 Å². The Hall–Kier alpha value is 1.23. The van der Waals surface area contributed by atoms with Gasteiger partial charge in [-0.1, -0.05) is 13.3 Å². The minimum atomic E-state index is 0.